The lowest BCUT2D eigenvalue weighted by Crippen LogP contribution is -2.45. The number of phenols is 1. The zero-order chi connectivity index (χ0) is 15.7. The average Bonchev–Trinajstić information content (AvgIpc) is 2.86. The van der Waals surface area contributed by atoms with E-state index in [4.69, 9.17) is 0 Å². The number of hydrogen-bond acceptors (Lipinski definition) is 4. The topological polar surface area (TPSA) is 77.8 Å². The van der Waals surface area contributed by atoms with Gasteiger partial charge in [0.2, 0.25) is 0 Å². The van der Waals surface area contributed by atoms with Crippen molar-refractivity contribution in [2.45, 2.75) is 24.8 Å². The molecule has 2 rings (SSSR count). The Morgan fingerprint density at radius 1 is 1.43 bits per heavy atom. The second-order valence-corrected chi connectivity index (χ2v) is 8.17. The van der Waals surface area contributed by atoms with Crippen LogP contribution in [0, 0.1) is 7.14 Å². The minimum atomic E-state index is -1.01. The normalized spacial score (nSPS) is 21.6. The molecule has 1 heterocycles. The van der Waals surface area contributed by atoms with Crippen LogP contribution in [0.5, 0.6) is 5.75 Å². The van der Waals surface area contributed by atoms with E-state index < -0.39 is 17.9 Å². The molecule has 21 heavy (non-hydrogen) atoms. The van der Waals surface area contributed by atoms with Crippen LogP contribution in [0.15, 0.2) is 12.1 Å². The van der Waals surface area contributed by atoms with Crippen molar-refractivity contribution in [3.05, 3.63) is 24.8 Å². The quantitative estimate of drug-likeness (QED) is 0.585. The number of carboxylic acid groups (broad SMARTS) is 1. The molecular weight excluding hydrogens is 520 g/mol. The van der Waals surface area contributed by atoms with Gasteiger partial charge in [-0.05, 0) is 63.7 Å². The molecule has 0 radical (unpaired) electrons. The van der Waals surface area contributed by atoms with Crippen LogP contribution in [0.2, 0.25) is 0 Å². The number of phenolic OH excluding ortho intramolecular Hbond substituents is 1. The molecule has 1 amide bonds. The van der Waals surface area contributed by atoms with E-state index in [0.29, 0.717) is 15.7 Å². The Hall–Kier alpha value is -0.230. The van der Waals surface area contributed by atoms with Crippen LogP contribution in [-0.4, -0.2) is 44.2 Å². The van der Waals surface area contributed by atoms with Crippen LogP contribution in [0.3, 0.4) is 0 Å². The summed E-state index contributed by atoms with van der Waals surface area (Å²) in [6, 6.07) is 2.51. The highest BCUT2D eigenvalue weighted by Gasteiger charge is 2.41. The number of carboxylic acids is 1. The molecule has 2 N–H and O–H groups in total. The predicted molar refractivity (Wildman–Crippen MR) is 97.7 cm³/mol. The van der Waals surface area contributed by atoms with E-state index in [9.17, 15) is 19.8 Å². The van der Waals surface area contributed by atoms with E-state index in [1.165, 1.54) is 16.7 Å². The van der Waals surface area contributed by atoms with E-state index in [-0.39, 0.29) is 16.7 Å². The Balaban J connectivity index is 2.44. The van der Waals surface area contributed by atoms with Crippen molar-refractivity contribution in [1.29, 1.82) is 0 Å². The van der Waals surface area contributed by atoms with Crippen LogP contribution in [0.1, 0.15) is 23.7 Å². The Kier molecular flexibility index (Phi) is 5.63. The zero-order valence-corrected chi connectivity index (χ0v) is 16.2. The molecule has 1 aromatic rings. The minimum absolute atomic E-state index is 0.0862. The molecule has 114 valence electrons. The Bertz CT molecular complexity index is 596. The first kappa shape index (κ1) is 17.1. The van der Waals surface area contributed by atoms with Crippen LogP contribution < -0.4 is 0 Å². The summed E-state index contributed by atoms with van der Waals surface area (Å²) in [5.74, 6) is -1.14. The van der Waals surface area contributed by atoms with Crippen molar-refractivity contribution in [2.75, 3.05) is 5.75 Å². The van der Waals surface area contributed by atoms with Crippen molar-refractivity contribution in [1.82, 2.24) is 4.90 Å². The van der Waals surface area contributed by atoms with Crippen molar-refractivity contribution in [3.63, 3.8) is 0 Å². The molecule has 1 aromatic carbocycles. The van der Waals surface area contributed by atoms with Crippen LogP contribution in [-0.2, 0) is 4.79 Å². The molecule has 1 saturated heterocycles. The lowest BCUT2D eigenvalue weighted by atomic mass is 10.1. The summed E-state index contributed by atoms with van der Waals surface area (Å²) < 4.78 is 1.40. The van der Waals surface area contributed by atoms with E-state index in [1.807, 2.05) is 29.5 Å². The van der Waals surface area contributed by atoms with Crippen LogP contribution in [0.25, 0.3) is 0 Å². The number of nitrogens with zero attached hydrogens (tertiary/aromatic N) is 1. The van der Waals surface area contributed by atoms with Gasteiger partial charge in [-0.3, -0.25) is 4.79 Å². The number of hydrogen-bond donors (Lipinski definition) is 2. The fraction of sp³-hybridized carbons (Fsp3) is 0.385. The number of aromatic hydroxyl groups is 1. The lowest BCUT2D eigenvalue weighted by Gasteiger charge is -2.27. The van der Waals surface area contributed by atoms with Gasteiger partial charge in [0.05, 0.1) is 14.5 Å². The number of benzene rings is 1. The fourth-order valence-corrected chi connectivity index (χ4v) is 5.40. The van der Waals surface area contributed by atoms with Crippen molar-refractivity contribution in [3.8, 4) is 5.75 Å². The standard InChI is InChI=1S/C13H13I2NO4S/c1-2-10-16(9(5-21-10)13(19)20)12(18)7-3-6(14)4-8(15)11(7)17/h3-4,9-10,17H,2,5H2,1H3,(H,19,20). The molecule has 0 aliphatic carbocycles. The molecule has 1 aliphatic rings. The molecule has 0 spiro atoms. The molecule has 0 aromatic heterocycles. The zero-order valence-electron chi connectivity index (χ0n) is 11.0. The first-order chi connectivity index (χ1) is 9.86. The summed E-state index contributed by atoms with van der Waals surface area (Å²) in [5, 5.41) is 19.2. The first-order valence-corrected chi connectivity index (χ1v) is 9.42. The number of carbonyl (C=O) groups is 2. The highest BCUT2D eigenvalue weighted by molar-refractivity contribution is 14.1. The summed E-state index contributed by atoms with van der Waals surface area (Å²) >= 11 is 5.49. The molecular formula is C13H13I2NO4S. The SMILES string of the molecule is CCC1SCC(C(=O)O)N1C(=O)c1cc(I)cc(I)c1O. The summed E-state index contributed by atoms with van der Waals surface area (Å²) in [6.07, 6.45) is 0.669. The van der Waals surface area contributed by atoms with Gasteiger partial charge in [0.25, 0.3) is 5.91 Å². The molecule has 0 bridgehead atoms. The molecule has 8 heteroatoms. The molecule has 1 fully saturated rings. The minimum Gasteiger partial charge on any atom is -0.506 e. The van der Waals surface area contributed by atoms with E-state index >= 15 is 0 Å². The maximum Gasteiger partial charge on any atom is 0.327 e. The maximum absolute atomic E-state index is 12.7. The third-order valence-corrected chi connectivity index (χ3v) is 6.12. The van der Waals surface area contributed by atoms with Crippen LogP contribution >= 0.6 is 56.9 Å². The summed E-state index contributed by atoms with van der Waals surface area (Å²) in [5.41, 5.74) is 0.165. The third kappa shape index (κ3) is 3.41. The largest absolute Gasteiger partial charge is 0.506 e. The Morgan fingerprint density at radius 2 is 2.10 bits per heavy atom. The van der Waals surface area contributed by atoms with Crippen molar-refractivity contribution in [2.24, 2.45) is 0 Å². The van der Waals surface area contributed by atoms with Crippen molar-refractivity contribution < 1.29 is 19.8 Å². The number of rotatable bonds is 3. The molecule has 0 saturated carbocycles. The first-order valence-electron chi connectivity index (χ1n) is 6.21. The Morgan fingerprint density at radius 3 is 2.67 bits per heavy atom. The second-order valence-electron chi connectivity index (χ2n) is 4.55. The lowest BCUT2D eigenvalue weighted by molar-refractivity contribution is -0.141. The molecule has 2 unspecified atom stereocenters. The van der Waals surface area contributed by atoms with Gasteiger partial charge < -0.3 is 15.1 Å². The number of aliphatic carboxylic acids is 1. The van der Waals surface area contributed by atoms with Gasteiger partial charge >= 0.3 is 5.97 Å². The highest BCUT2D eigenvalue weighted by Crippen LogP contribution is 2.35. The van der Waals surface area contributed by atoms with Crippen LogP contribution in [0.4, 0.5) is 0 Å². The van der Waals surface area contributed by atoms with Gasteiger partial charge in [0.1, 0.15) is 11.8 Å². The summed E-state index contributed by atoms with van der Waals surface area (Å²) in [4.78, 5) is 25.5. The summed E-state index contributed by atoms with van der Waals surface area (Å²) in [6.45, 7) is 1.92. The van der Waals surface area contributed by atoms with Gasteiger partial charge in [-0.15, -0.1) is 11.8 Å². The average molecular weight is 533 g/mol. The monoisotopic (exact) mass is 533 g/mol. The van der Waals surface area contributed by atoms with Gasteiger partial charge in [0.15, 0.2) is 0 Å². The van der Waals surface area contributed by atoms with Gasteiger partial charge in [-0.2, -0.15) is 0 Å². The van der Waals surface area contributed by atoms with E-state index in [0.717, 1.165) is 3.57 Å². The third-order valence-electron chi connectivity index (χ3n) is 3.22. The van der Waals surface area contributed by atoms with E-state index in [1.54, 1.807) is 12.1 Å². The maximum atomic E-state index is 12.7. The van der Waals surface area contributed by atoms with Gasteiger partial charge in [-0.1, -0.05) is 6.92 Å². The number of thioether (sulfide) groups is 1. The predicted octanol–water partition coefficient (Wildman–Crippen LogP) is 2.98. The number of amides is 1. The molecule has 5 nitrogen and oxygen atoms in total. The number of carbonyl (C=O) groups excluding carboxylic acids is 1. The smallest absolute Gasteiger partial charge is 0.327 e. The molecule has 2 atom stereocenters. The second kappa shape index (κ2) is 6.90. The number of halogens is 2. The fourth-order valence-electron chi connectivity index (χ4n) is 2.21. The summed E-state index contributed by atoms with van der Waals surface area (Å²) in [7, 11) is 0. The molecule has 1 aliphatic heterocycles. The van der Waals surface area contributed by atoms with E-state index in [2.05, 4.69) is 22.6 Å². The highest BCUT2D eigenvalue weighted by atomic mass is 127. The van der Waals surface area contributed by atoms with Crippen molar-refractivity contribution >= 4 is 68.8 Å². The Labute approximate surface area is 153 Å². The van der Waals surface area contributed by atoms with Gasteiger partial charge in [0, 0.05) is 9.32 Å². The van der Waals surface area contributed by atoms with Gasteiger partial charge in [-0.25, -0.2) is 4.79 Å².